The summed E-state index contributed by atoms with van der Waals surface area (Å²) < 4.78 is 0. The summed E-state index contributed by atoms with van der Waals surface area (Å²) >= 11 is 1.53. The van der Waals surface area contributed by atoms with Crippen molar-refractivity contribution in [3.05, 3.63) is 51.9 Å². The van der Waals surface area contributed by atoms with Gasteiger partial charge in [0.1, 0.15) is 5.00 Å². The molecule has 4 nitrogen and oxygen atoms in total. The van der Waals surface area contributed by atoms with Crippen LogP contribution in [0.25, 0.3) is 0 Å². The third-order valence-corrected chi connectivity index (χ3v) is 6.22. The van der Waals surface area contributed by atoms with Gasteiger partial charge in [0.25, 0.3) is 5.91 Å². The summed E-state index contributed by atoms with van der Waals surface area (Å²) in [5, 5.41) is 3.64. The van der Waals surface area contributed by atoms with Crippen molar-refractivity contribution in [2.45, 2.75) is 38.0 Å². The fraction of sp³-hybridized carbons (Fsp3) is 0.368. The van der Waals surface area contributed by atoms with E-state index in [1.165, 1.54) is 21.8 Å². The normalized spacial score (nSPS) is 21.8. The molecule has 124 valence electrons. The first kappa shape index (κ1) is 15.4. The first-order chi connectivity index (χ1) is 11.6. The van der Waals surface area contributed by atoms with Gasteiger partial charge in [-0.15, -0.1) is 11.3 Å². The lowest BCUT2D eigenvalue weighted by molar-refractivity contribution is -0.117. The number of amides is 2. The van der Waals surface area contributed by atoms with Gasteiger partial charge >= 0.3 is 0 Å². The molecule has 0 radical (unpaired) electrons. The van der Waals surface area contributed by atoms with E-state index in [2.05, 4.69) is 17.4 Å². The third kappa shape index (κ3) is 2.73. The lowest BCUT2D eigenvalue weighted by Gasteiger charge is -2.11. The highest BCUT2D eigenvalue weighted by molar-refractivity contribution is 7.17. The minimum atomic E-state index is -0.430. The smallest absolute Gasteiger partial charge is 0.251 e. The standard InChI is InChI=1S/C19H20N2O2S/c20-17(22)16-12-8-4-5-9-15(12)24-19(16)21-18(23)14-10-13(14)11-6-2-1-3-7-11/h1-3,6-7,13-14H,4-5,8-10H2,(H2,20,22)(H,21,23)/t13-,14-/m0/s1. The maximum Gasteiger partial charge on any atom is 0.251 e. The number of hydrogen-bond donors (Lipinski definition) is 2. The number of fused-ring (bicyclic) bond motifs is 1. The monoisotopic (exact) mass is 340 g/mol. The molecule has 1 aromatic heterocycles. The van der Waals surface area contributed by atoms with Crippen LogP contribution in [0.4, 0.5) is 5.00 Å². The Morgan fingerprint density at radius 2 is 1.88 bits per heavy atom. The molecule has 2 aromatic rings. The number of carbonyl (C=O) groups excluding carboxylic acids is 2. The van der Waals surface area contributed by atoms with Crippen LogP contribution in [-0.2, 0) is 17.6 Å². The predicted octanol–water partition coefficient (Wildman–Crippen LogP) is 3.47. The van der Waals surface area contributed by atoms with Crippen molar-refractivity contribution in [1.82, 2.24) is 0 Å². The molecule has 1 fully saturated rings. The van der Waals surface area contributed by atoms with Crippen LogP contribution in [0.3, 0.4) is 0 Å². The van der Waals surface area contributed by atoms with E-state index in [9.17, 15) is 9.59 Å². The number of primary amides is 1. The van der Waals surface area contributed by atoms with Crippen LogP contribution in [-0.4, -0.2) is 11.8 Å². The Hall–Kier alpha value is -2.14. The van der Waals surface area contributed by atoms with Gasteiger partial charge in [-0.1, -0.05) is 30.3 Å². The van der Waals surface area contributed by atoms with Gasteiger partial charge in [0.15, 0.2) is 0 Å². The molecule has 0 aliphatic heterocycles. The highest BCUT2D eigenvalue weighted by Crippen LogP contribution is 2.48. The van der Waals surface area contributed by atoms with E-state index < -0.39 is 5.91 Å². The molecular weight excluding hydrogens is 320 g/mol. The highest BCUT2D eigenvalue weighted by atomic mass is 32.1. The topological polar surface area (TPSA) is 72.2 Å². The van der Waals surface area contributed by atoms with Crippen molar-refractivity contribution < 1.29 is 9.59 Å². The molecule has 0 saturated heterocycles. The molecule has 0 spiro atoms. The van der Waals surface area contributed by atoms with Crippen LogP contribution in [0.1, 0.15) is 51.5 Å². The maximum absolute atomic E-state index is 12.6. The molecule has 2 aliphatic rings. The minimum Gasteiger partial charge on any atom is -0.365 e. The molecule has 3 N–H and O–H groups in total. The van der Waals surface area contributed by atoms with Crippen molar-refractivity contribution in [2.75, 3.05) is 5.32 Å². The van der Waals surface area contributed by atoms with Crippen LogP contribution < -0.4 is 11.1 Å². The first-order valence-electron chi connectivity index (χ1n) is 8.45. The lowest BCUT2D eigenvalue weighted by atomic mass is 9.95. The van der Waals surface area contributed by atoms with E-state index >= 15 is 0 Å². The van der Waals surface area contributed by atoms with Crippen molar-refractivity contribution in [1.29, 1.82) is 0 Å². The van der Waals surface area contributed by atoms with E-state index in [0.717, 1.165) is 37.7 Å². The Morgan fingerprint density at radius 1 is 1.12 bits per heavy atom. The average molecular weight is 340 g/mol. The number of carbonyl (C=O) groups is 2. The zero-order valence-electron chi connectivity index (χ0n) is 13.4. The van der Waals surface area contributed by atoms with E-state index in [1.807, 2.05) is 18.2 Å². The van der Waals surface area contributed by atoms with Crippen molar-refractivity contribution in [3.63, 3.8) is 0 Å². The number of thiophene rings is 1. The van der Waals surface area contributed by atoms with Crippen LogP contribution >= 0.6 is 11.3 Å². The van der Waals surface area contributed by atoms with Crippen LogP contribution in [0, 0.1) is 5.92 Å². The van der Waals surface area contributed by atoms with Crippen LogP contribution in [0.15, 0.2) is 30.3 Å². The van der Waals surface area contributed by atoms with Crippen LogP contribution in [0.5, 0.6) is 0 Å². The molecule has 2 aliphatic carbocycles. The molecule has 5 heteroatoms. The molecule has 1 saturated carbocycles. The lowest BCUT2D eigenvalue weighted by Crippen LogP contribution is -2.19. The molecule has 2 atom stereocenters. The van der Waals surface area contributed by atoms with Gasteiger partial charge in [-0.3, -0.25) is 9.59 Å². The summed E-state index contributed by atoms with van der Waals surface area (Å²) in [4.78, 5) is 25.7. The van der Waals surface area contributed by atoms with E-state index in [4.69, 9.17) is 5.73 Å². The summed E-state index contributed by atoms with van der Waals surface area (Å²) in [6.07, 6.45) is 4.95. The number of nitrogens with one attached hydrogen (secondary N) is 1. The molecule has 0 unspecified atom stereocenters. The second kappa shape index (κ2) is 6.06. The number of aryl methyl sites for hydroxylation is 1. The summed E-state index contributed by atoms with van der Waals surface area (Å²) in [7, 11) is 0. The fourth-order valence-electron chi connectivity index (χ4n) is 3.67. The number of rotatable bonds is 4. The Labute approximate surface area is 145 Å². The minimum absolute atomic E-state index is 0.00458. The molecule has 1 heterocycles. The van der Waals surface area contributed by atoms with Gasteiger partial charge in [0.05, 0.1) is 5.56 Å². The van der Waals surface area contributed by atoms with Gasteiger partial charge in [-0.05, 0) is 49.1 Å². The Bertz CT molecular complexity index is 797. The second-order valence-electron chi connectivity index (χ2n) is 6.63. The number of nitrogens with two attached hydrogens (primary N) is 1. The molecule has 2 amide bonds. The SMILES string of the molecule is NC(=O)c1c(NC(=O)[C@H]2C[C@H]2c2ccccc2)sc2c1CCCC2. The zero-order valence-corrected chi connectivity index (χ0v) is 14.2. The quantitative estimate of drug-likeness (QED) is 0.894. The molecule has 0 bridgehead atoms. The van der Waals surface area contributed by atoms with Gasteiger partial charge in [-0.25, -0.2) is 0 Å². The predicted molar refractivity (Wildman–Crippen MR) is 95.4 cm³/mol. The zero-order chi connectivity index (χ0) is 16.7. The number of hydrogen-bond acceptors (Lipinski definition) is 3. The maximum atomic E-state index is 12.6. The highest BCUT2D eigenvalue weighted by Gasteiger charge is 2.44. The largest absolute Gasteiger partial charge is 0.365 e. The summed E-state index contributed by atoms with van der Waals surface area (Å²) in [6.45, 7) is 0. The molecule has 1 aromatic carbocycles. The van der Waals surface area contributed by atoms with Gasteiger partial charge < -0.3 is 11.1 Å². The third-order valence-electron chi connectivity index (χ3n) is 5.01. The first-order valence-corrected chi connectivity index (χ1v) is 9.27. The van der Waals surface area contributed by atoms with E-state index in [1.54, 1.807) is 0 Å². The van der Waals surface area contributed by atoms with Gasteiger partial charge in [0.2, 0.25) is 5.91 Å². The molecule has 4 rings (SSSR count). The van der Waals surface area contributed by atoms with Gasteiger partial charge in [0, 0.05) is 10.8 Å². The van der Waals surface area contributed by atoms with Crippen molar-refractivity contribution in [2.24, 2.45) is 11.7 Å². The van der Waals surface area contributed by atoms with E-state index in [-0.39, 0.29) is 17.7 Å². The second-order valence-corrected chi connectivity index (χ2v) is 7.73. The summed E-state index contributed by atoms with van der Waals surface area (Å²) in [5.41, 5.74) is 8.39. The molecule has 24 heavy (non-hydrogen) atoms. The Kier molecular flexibility index (Phi) is 3.88. The summed E-state index contributed by atoms with van der Waals surface area (Å²) in [6, 6.07) is 10.1. The van der Waals surface area contributed by atoms with Crippen molar-refractivity contribution in [3.8, 4) is 0 Å². The average Bonchev–Trinajstić information content (AvgIpc) is 3.30. The number of anilines is 1. The summed E-state index contributed by atoms with van der Waals surface area (Å²) in [5.74, 6) is -0.143. The Morgan fingerprint density at radius 3 is 2.62 bits per heavy atom. The number of benzene rings is 1. The Balaban J connectivity index is 1.53. The van der Waals surface area contributed by atoms with Gasteiger partial charge in [-0.2, -0.15) is 0 Å². The van der Waals surface area contributed by atoms with E-state index in [0.29, 0.717) is 10.6 Å². The van der Waals surface area contributed by atoms with Crippen LogP contribution in [0.2, 0.25) is 0 Å². The van der Waals surface area contributed by atoms with Crippen molar-refractivity contribution >= 4 is 28.2 Å². The fourth-order valence-corrected chi connectivity index (χ4v) is 4.97. The molecular formula is C19H20N2O2S.